The molecule has 1 unspecified atom stereocenters. The minimum atomic E-state index is 0.256. The first-order valence-electron chi connectivity index (χ1n) is 7.59. The molecule has 1 aliphatic heterocycles. The molecule has 1 atom stereocenters. The molecule has 1 fully saturated rings. The van der Waals surface area contributed by atoms with Crippen LogP contribution in [0.2, 0.25) is 0 Å². The molecule has 0 radical (unpaired) electrons. The molecule has 3 rings (SSSR count). The van der Waals surface area contributed by atoms with Crippen molar-refractivity contribution in [1.29, 1.82) is 0 Å². The molecule has 1 saturated heterocycles. The maximum atomic E-state index is 11.9. The number of aromatic nitrogens is 1. The summed E-state index contributed by atoms with van der Waals surface area (Å²) in [5.74, 6) is 0.256. The van der Waals surface area contributed by atoms with Gasteiger partial charge < -0.3 is 4.90 Å². The second kappa shape index (κ2) is 5.61. The Morgan fingerprint density at radius 2 is 2.16 bits per heavy atom. The van der Waals surface area contributed by atoms with Gasteiger partial charge in [-0.05, 0) is 32.1 Å². The number of ketones is 1. The summed E-state index contributed by atoms with van der Waals surface area (Å²) >= 11 is 1.77. The zero-order valence-corrected chi connectivity index (χ0v) is 12.5. The quantitative estimate of drug-likeness (QED) is 0.824. The normalized spacial score (nSPS) is 24.2. The van der Waals surface area contributed by atoms with E-state index in [9.17, 15) is 4.79 Å². The third-order valence-electron chi connectivity index (χ3n) is 4.35. The van der Waals surface area contributed by atoms with E-state index in [1.807, 2.05) is 0 Å². The number of fused-ring (bicyclic) bond motifs is 1. The monoisotopic (exact) mass is 278 g/mol. The Bertz CT molecular complexity index is 469. The van der Waals surface area contributed by atoms with Crippen LogP contribution in [0.25, 0.3) is 0 Å². The second-order valence-electron chi connectivity index (χ2n) is 5.65. The van der Waals surface area contributed by atoms with Crippen LogP contribution in [0, 0.1) is 0 Å². The van der Waals surface area contributed by atoms with Crippen LogP contribution in [-0.2, 0) is 6.42 Å². The lowest BCUT2D eigenvalue weighted by Crippen LogP contribution is -2.34. The summed E-state index contributed by atoms with van der Waals surface area (Å²) in [6.45, 7) is 3.38. The van der Waals surface area contributed by atoms with Crippen LogP contribution in [-0.4, -0.2) is 23.4 Å². The average molecular weight is 278 g/mol. The van der Waals surface area contributed by atoms with Gasteiger partial charge in [-0.15, -0.1) is 11.3 Å². The van der Waals surface area contributed by atoms with Crippen molar-refractivity contribution < 1.29 is 4.79 Å². The minimum absolute atomic E-state index is 0.256. The van der Waals surface area contributed by atoms with E-state index in [2.05, 4.69) is 11.8 Å². The molecule has 1 aromatic rings. The molecule has 0 bridgehead atoms. The maximum Gasteiger partial charge on any atom is 0.186 e. The number of Topliss-reactive ketones (excluding diaryl/α,β-unsaturated/α-hetero) is 1. The van der Waals surface area contributed by atoms with Crippen LogP contribution < -0.4 is 4.90 Å². The van der Waals surface area contributed by atoms with Crippen molar-refractivity contribution in [2.24, 2.45) is 0 Å². The van der Waals surface area contributed by atoms with Crippen LogP contribution in [0.3, 0.4) is 0 Å². The molecule has 0 N–H and O–H groups in total. The number of carbonyl (C=O) groups is 1. The summed E-state index contributed by atoms with van der Waals surface area (Å²) in [6.07, 6.45) is 9.11. The largest absolute Gasteiger partial charge is 0.345 e. The third-order valence-corrected chi connectivity index (χ3v) is 5.50. The predicted octanol–water partition coefficient (Wildman–Crippen LogP) is 3.82. The third kappa shape index (κ3) is 2.55. The lowest BCUT2D eigenvalue weighted by molar-refractivity contribution is 0.0968. The number of anilines is 1. The number of hydrogen-bond donors (Lipinski definition) is 0. The molecule has 0 saturated carbocycles. The van der Waals surface area contributed by atoms with Gasteiger partial charge in [0.2, 0.25) is 0 Å². The SMILES string of the molecule is CCC1CCCCCN1c1nc2c(s1)CCCC2=O. The number of aryl methyl sites for hydroxylation is 1. The lowest BCUT2D eigenvalue weighted by Gasteiger charge is -2.28. The summed E-state index contributed by atoms with van der Waals surface area (Å²) in [7, 11) is 0. The van der Waals surface area contributed by atoms with Gasteiger partial charge in [-0.25, -0.2) is 4.98 Å². The molecular formula is C15H22N2OS. The van der Waals surface area contributed by atoms with Gasteiger partial charge in [-0.1, -0.05) is 19.8 Å². The number of carbonyl (C=O) groups excluding carboxylic acids is 1. The summed E-state index contributed by atoms with van der Waals surface area (Å²) < 4.78 is 0. The smallest absolute Gasteiger partial charge is 0.186 e. The molecule has 0 aromatic carbocycles. The molecule has 2 heterocycles. The predicted molar refractivity (Wildman–Crippen MR) is 79.3 cm³/mol. The summed E-state index contributed by atoms with van der Waals surface area (Å²) in [5.41, 5.74) is 0.783. The maximum absolute atomic E-state index is 11.9. The molecule has 2 aliphatic rings. The van der Waals surface area contributed by atoms with Gasteiger partial charge in [0.05, 0.1) is 0 Å². The molecule has 104 valence electrons. The van der Waals surface area contributed by atoms with Gasteiger partial charge in [0.1, 0.15) is 5.69 Å². The lowest BCUT2D eigenvalue weighted by atomic mass is 10.0. The van der Waals surface area contributed by atoms with Crippen molar-refractivity contribution in [1.82, 2.24) is 4.98 Å². The number of thiazole rings is 1. The van der Waals surface area contributed by atoms with E-state index in [4.69, 9.17) is 4.98 Å². The first-order chi connectivity index (χ1) is 9.29. The van der Waals surface area contributed by atoms with Crippen LogP contribution in [0.5, 0.6) is 0 Å². The van der Waals surface area contributed by atoms with Gasteiger partial charge in [0, 0.05) is 23.9 Å². The highest BCUT2D eigenvalue weighted by molar-refractivity contribution is 7.16. The van der Waals surface area contributed by atoms with E-state index in [1.54, 1.807) is 11.3 Å². The number of rotatable bonds is 2. The van der Waals surface area contributed by atoms with Crippen molar-refractivity contribution in [2.45, 2.75) is 64.3 Å². The topological polar surface area (TPSA) is 33.2 Å². The standard InChI is InChI=1S/C15H22N2OS/c1-2-11-7-4-3-5-10-17(11)15-16-14-12(18)8-6-9-13(14)19-15/h11H,2-10H2,1H3. The van der Waals surface area contributed by atoms with E-state index >= 15 is 0 Å². The van der Waals surface area contributed by atoms with Crippen molar-refractivity contribution in [3.63, 3.8) is 0 Å². The van der Waals surface area contributed by atoms with Crippen LogP contribution >= 0.6 is 11.3 Å². The average Bonchev–Trinajstić information content (AvgIpc) is 2.71. The summed E-state index contributed by atoms with van der Waals surface area (Å²) in [5, 5.41) is 1.11. The van der Waals surface area contributed by atoms with Crippen LogP contribution in [0.15, 0.2) is 0 Å². The molecule has 1 aliphatic carbocycles. The number of hydrogen-bond acceptors (Lipinski definition) is 4. The molecule has 1 aromatic heterocycles. The molecular weight excluding hydrogens is 256 g/mol. The van der Waals surface area contributed by atoms with Gasteiger partial charge >= 0.3 is 0 Å². The van der Waals surface area contributed by atoms with E-state index < -0.39 is 0 Å². The Labute approximate surface area is 119 Å². The van der Waals surface area contributed by atoms with E-state index in [-0.39, 0.29) is 5.78 Å². The Morgan fingerprint density at radius 1 is 1.26 bits per heavy atom. The van der Waals surface area contributed by atoms with E-state index in [1.165, 1.54) is 37.0 Å². The second-order valence-corrected chi connectivity index (χ2v) is 6.71. The molecule has 19 heavy (non-hydrogen) atoms. The van der Waals surface area contributed by atoms with Crippen LogP contribution in [0.1, 0.15) is 67.2 Å². The Kier molecular flexibility index (Phi) is 3.87. The Balaban J connectivity index is 1.89. The van der Waals surface area contributed by atoms with E-state index in [0.717, 1.165) is 30.2 Å². The van der Waals surface area contributed by atoms with Crippen molar-refractivity contribution in [3.8, 4) is 0 Å². The summed E-state index contributed by atoms with van der Waals surface area (Å²) in [6, 6.07) is 0.616. The fourth-order valence-electron chi connectivity index (χ4n) is 3.23. The van der Waals surface area contributed by atoms with Crippen molar-refractivity contribution in [2.75, 3.05) is 11.4 Å². The number of nitrogens with zero attached hydrogens (tertiary/aromatic N) is 2. The Morgan fingerprint density at radius 3 is 2.95 bits per heavy atom. The van der Waals surface area contributed by atoms with Crippen molar-refractivity contribution >= 4 is 22.3 Å². The van der Waals surface area contributed by atoms with E-state index in [0.29, 0.717) is 12.5 Å². The van der Waals surface area contributed by atoms with Crippen LogP contribution in [0.4, 0.5) is 5.13 Å². The zero-order valence-electron chi connectivity index (χ0n) is 11.7. The highest BCUT2D eigenvalue weighted by atomic mass is 32.1. The molecule has 3 nitrogen and oxygen atoms in total. The van der Waals surface area contributed by atoms with Gasteiger partial charge in [-0.3, -0.25) is 4.79 Å². The highest BCUT2D eigenvalue weighted by Crippen LogP contribution is 2.34. The first-order valence-corrected chi connectivity index (χ1v) is 8.40. The van der Waals surface area contributed by atoms with Crippen molar-refractivity contribution in [3.05, 3.63) is 10.6 Å². The zero-order chi connectivity index (χ0) is 13.2. The fourth-order valence-corrected chi connectivity index (χ4v) is 4.45. The Hall–Kier alpha value is -0.900. The molecule has 0 amide bonds. The molecule has 0 spiro atoms. The minimum Gasteiger partial charge on any atom is -0.345 e. The highest BCUT2D eigenvalue weighted by Gasteiger charge is 2.27. The van der Waals surface area contributed by atoms with Gasteiger partial charge in [-0.2, -0.15) is 0 Å². The summed E-state index contributed by atoms with van der Waals surface area (Å²) in [4.78, 5) is 20.3. The van der Waals surface area contributed by atoms with Gasteiger partial charge in [0.25, 0.3) is 0 Å². The van der Waals surface area contributed by atoms with Gasteiger partial charge in [0.15, 0.2) is 10.9 Å². The fraction of sp³-hybridized carbons (Fsp3) is 0.733. The molecule has 4 heteroatoms. The first kappa shape index (κ1) is 13.1.